The summed E-state index contributed by atoms with van der Waals surface area (Å²) < 4.78 is 5.84. The number of fused-ring (bicyclic) bond motifs is 3. The number of ether oxygens (including phenoxy) is 1. The van der Waals surface area contributed by atoms with Crippen molar-refractivity contribution in [1.82, 2.24) is 0 Å². The van der Waals surface area contributed by atoms with E-state index in [1.807, 2.05) is 24.3 Å². The van der Waals surface area contributed by atoms with Gasteiger partial charge in [0.05, 0.1) is 27.0 Å². The zero-order chi connectivity index (χ0) is 16.1. The SMILES string of the molecule is O=C(O)c1c2c(cc3cc(Cl)c(Cl)cc13)Oc1ccccc1N2. The van der Waals surface area contributed by atoms with Crippen molar-refractivity contribution in [3.05, 3.63) is 58.1 Å². The van der Waals surface area contributed by atoms with Crippen molar-refractivity contribution in [3.63, 3.8) is 0 Å². The van der Waals surface area contributed by atoms with Gasteiger partial charge in [0.15, 0.2) is 11.5 Å². The van der Waals surface area contributed by atoms with E-state index in [1.54, 1.807) is 18.2 Å². The van der Waals surface area contributed by atoms with Crippen LogP contribution in [0.15, 0.2) is 42.5 Å². The maximum Gasteiger partial charge on any atom is 0.338 e. The number of halogens is 2. The highest BCUT2D eigenvalue weighted by atomic mass is 35.5. The summed E-state index contributed by atoms with van der Waals surface area (Å²) in [5, 5.41) is 14.6. The summed E-state index contributed by atoms with van der Waals surface area (Å²) >= 11 is 12.1. The fourth-order valence-electron chi connectivity index (χ4n) is 2.71. The van der Waals surface area contributed by atoms with Crippen LogP contribution in [0.2, 0.25) is 10.0 Å². The summed E-state index contributed by atoms with van der Waals surface area (Å²) in [5.74, 6) is 0.00320. The van der Waals surface area contributed by atoms with Crippen molar-refractivity contribution in [2.45, 2.75) is 0 Å². The van der Waals surface area contributed by atoms with Gasteiger partial charge in [0.2, 0.25) is 0 Å². The van der Waals surface area contributed by atoms with Gasteiger partial charge in [-0.05, 0) is 35.7 Å². The number of anilines is 2. The Hall–Kier alpha value is -2.43. The van der Waals surface area contributed by atoms with Crippen LogP contribution in [0.1, 0.15) is 10.4 Å². The molecule has 114 valence electrons. The largest absolute Gasteiger partial charge is 0.478 e. The normalized spacial score (nSPS) is 12.1. The van der Waals surface area contributed by atoms with Crippen molar-refractivity contribution < 1.29 is 14.6 Å². The molecule has 2 N–H and O–H groups in total. The molecule has 23 heavy (non-hydrogen) atoms. The molecule has 6 heteroatoms. The second-order valence-corrected chi connectivity index (χ2v) is 5.95. The Morgan fingerprint density at radius 3 is 2.57 bits per heavy atom. The lowest BCUT2D eigenvalue weighted by Crippen LogP contribution is -2.09. The minimum atomic E-state index is -1.07. The Morgan fingerprint density at radius 1 is 1.04 bits per heavy atom. The van der Waals surface area contributed by atoms with Crippen LogP contribution in [0, 0.1) is 0 Å². The lowest BCUT2D eigenvalue weighted by atomic mass is 10.0. The van der Waals surface area contributed by atoms with Crippen LogP contribution in [0.3, 0.4) is 0 Å². The molecular weight excluding hydrogens is 337 g/mol. The first-order valence-electron chi connectivity index (χ1n) is 6.77. The molecule has 1 aliphatic rings. The second kappa shape index (κ2) is 5.05. The first kappa shape index (κ1) is 14.2. The topological polar surface area (TPSA) is 58.6 Å². The van der Waals surface area contributed by atoms with Gasteiger partial charge in [-0.25, -0.2) is 4.79 Å². The number of carboxylic acid groups (broad SMARTS) is 1. The number of hydrogen-bond donors (Lipinski definition) is 2. The van der Waals surface area contributed by atoms with Gasteiger partial charge in [0.1, 0.15) is 0 Å². The highest BCUT2D eigenvalue weighted by Gasteiger charge is 2.25. The summed E-state index contributed by atoms with van der Waals surface area (Å²) in [6, 6.07) is 12.3. The summed E-state index contributed by atoms with van der Waals surface area (Å²) in [6.45, 7) is 0. The van der Waals surface area contributed by atoms with Crippen LogP contribution >= 0.6 is 23.2 Å². The van der Waals surface area contributed by atoms with Gasteiger partial charge in [-0.1, -0.05) is 35.3 Å². The number of benzene rings is 3. The number of nitrogens with one attached hydrogen (secondary N) is 1. The van der Waals surface area contributed by atoms with Gasteiger partial charge >= 0.3 is 5.97 Å². The summed E-state index contributed by atoms with van der Waals surface area (Å²) in [6.07, 6.45) is 0. The van der Waals surface area contributed by atoms with E-state index in [9.17, 15) is 9.90 Å². The van der Waals surface area contributed by atoms with Gasteiger partial charge in [0.25, 0.3) is 0 Å². The number of hydrogen-bond acceptors (Lipinski definition) is 3. The molecule has 0 spiro atoms. The monoisotopic (exact) mass is 345 g/mol. The van der Waals surface area contributed by atoms with E-state index in [4.69, 9.17) is 27.9 Å². The maximum atomic E-state index is 11.8. The molecular formula is C17H9Cl2NO3. The molecule has 4 rings (SSSR count). The standard InChI is InChI=1S/C17H9Cl2NO3/c18-10-5-8-6-14-16(15(17(21)22)9(8)7-11(10)19)20-12-3-1-2-4-13(12)23-14/h1-7,20H,(H,21,22). The molecule has 1 aliphatic heterocycles. The van der Waals surface area contributed by atoms with Crippen LogP contribution < -0.4 is 10.1 Å². The number of aromatic carboxylic acids is 1. The van der Waals surface area contributed by atoms with Gasteiger partial charge in [-0.15, -0.1) is 0 Å². The first-order chi connectivity index (χ1) is 11.0. The lowest BCUT2D eigenvalue weighted by molar-refractivity contribution is 0.0700. The Bertz CT molecular complexity index is 985. The zero-order valence-corrected chi connectivity index (χ0v) is 13.1. The predicted octanol–water partition coefficient (Wildman–Crippen LogP) is 5.69. The van der Waals surface area contributed by atoms with E-state index in [2.05, 4.69) is 5.32 Å². The average Bonchev–Trinajstić information content (AvgIpc) is 2.52. The van der Waals surface area contributed by atoms with Gasteiger partial charge < -0.3 is 15.2 Å². The molecule has 0 amide bonds. The number of para-hydroxylation sites is 2. The molecule has 4 nitrogen and oxygen atoms in total. The molecule has 0 saturated heterocycles. The zero-order valence-electron chi connectivity index (χ0n) is 11.6. The fraction of sp³-hybridized carbons (Fsp3) is 0. The smallest absolute Gasteiger partial charge is 0.338 e. The first-order valence-corrected chi connectivity index (χ1v) is 7.53. The Kier molecular flexibility index (Phi) is 3.11. The van der Waals surface area contributed by atoms with E-state index in [0.717, 1.165) is 0 Å². The highest BCUT2D eigenvalue weighted by molar-refractivity contribution is 6.43. The summed E-state index contributed by atoms with van der Waals surface area (Å²) in [5.41, 5.74) is 1.22. The molecule has 3 aromatic carbocycles. The summed E-state index contributed by atoms with van der Waals surface area (Å²) in [4.78, 5) is 11.8. The van der Waals surface area contributed by atoms with Crippen LogP contribution in [0.25, 0.3) is 10.8 Å². The van der Waals surface area contributed by atoms with Crippen LogP contribution in [0.4, 0.5) is 11.4 Å². The molecule has 0 bridgehead atoms. The third kappa shape index (κ3) is 2.19. The minimum Gasteiger partial charge on any atom is -0.478 e. The van der Waals surface area contributed by atoms with Crippen LogP contribution in [0.5, 0.6) is 11.5 Å². The lowest BCUT2D eigenvalue weighted by Gasteiger charge is -2.24. The van der Waals surface area contributed by atoms with Crippen molar-refractivity contribution >= 4 is 51.3 Å². The maximum absolute atomic E-state index is 11.8. The molecule has 0 unspecified atom stereocenters. The minimum absolute atomic E-state index is 0.102. The van der Waals surface area contributed by atoms with E-state index in [0.29, 0.717) is 43.7 Å². The average molecular weight is 346 g/mol. The number of rotatable bonds is 1. The predicted molar refractivity (Wildman–Crippen MR) is 90.7 cm³/mol. The van der Waals surface area contributed by atoms with Crippen molar-refractivity contribution in [3.8, 4) is 11.5 Å². The molecule has 0 aromatic heterocycles. The second-order valence-electron chi connectivity index (χ2n) is 5.14. The molecule has 0 atom stereocenters. The third-order valence-corrected chi connectivity index (χ3v) is 4.45. The van der Waals surface area contributed by atoms with E-state index in [-0.39, 0.29) is 5.56 Å². The number of carbonyl (C=O) groups is 1. The Morgan fingerprint density at radius 2 is 1.78 bits per heavy atom. The van der Waals surface area contributed by atoms with Crippen molar-refractivity contribution in [2.24, 2.45) is 0 Å². The molecule has 3 aromatic rings. The van der Waals surface area contributed by atoms with E-state index in [1.165, 1.54) is 0 Å². The molecule has 0 saturated carbocycles. The Balaban J connectivity index is 2.05. The molecule has 0 fully saturated rings. The van der Waals surface area contributed by atoms with Gasteiger partial charge in [0, 0.05) is 5.39 Å². The fourth-order valence-corrected chi connectivity index (χ4v) is 3.04. The van der Waals surface area contributed by atoms with E-state index < -0.39 is 5.97 Å². The third-order valence-electron chi connectivity index (χ3n) is 3.73. The quantitative estimate of drug-likeness (QED) is 0.465. The van der Waals surface area contributed by atoms with Crippen molar-refractivity contribution in [2.75, 3.05) is 5.32 Å². The Labute approximate surface area is 141 Å². The number of carboxylic acids is 1. The van der Waals surface area contributed by atoms with Crippen molar-refractivity contribution in [1.29, 1.82) is 0 Å². The summed E-state index contributed by atoms with van der Waals surface area (Å²) in [7, 11) is 0. The highest BCUT2D eigenvalue weighted by Crippen LogP contribution is 2.47. The molecule has 0 aliphatic carbocycles. The van der Waals surface area contributed by atoms with Gasteiger partial charge in [-0.2, -0.15) is 0 Å². The van der Waals surface area contributed by atoms with E-state index >= 15 is 0 Å². The molecule has 0 radical (unpaired) electrons. The van der Waals surface area contributed by atoms with Crippen LogP contribution in [-0.4, -0.2) is 11.1 Å². The van der Waals surface area contributed by atoms with Crippen LogP contribution in [-0.2, 0) is 0 Å². The molecule has 1 heterocycles. The van der Waals surface area contributed by atoms with Gasteiger partial charge in [-0.3, -0.25) is 0 Å².